The predicted octanol–water partition coefficient (Wildman–Crippen LogP) is 2.85. The molecule has 142 valence electrons. The van der Waals surface area contributed by atoms with Gasteiger partial charge in [-0.25, -0.2) is 4.99 Å². The number of nitrogens with one attached hydrogen (secondary N) is 1. The van der Waals surface area contributed by atoms with Gasteiger partial charge in [-0.3, -0.25) is 14.5 Å². The number of amides is 2. The van der Waals surface area contributed by atoms with Crippen LogP contribution in [0.2, 0.25) is 0 Å². The van der Waals surface area contributed by atoms with Crippen LogP contribution in [0.25, 0.3) is 0 Å². The van der Waals surface area contributed by atoms with Crippen molar-refractivity contribution in [3.63, 3.8) is 0 Å². The standard InChI is InChI=1S/C18H16F3N3O3/c1-2-14(25)22-17(18(19,20)21)16(26)24(11-13-9-6-10-27-13)15(23-17)12-7-4-3-5-8-12/h3-10H,2,11H2,1H3,(H,22,25)/t17-/m1/s1. The molecule has 0 spiro atoms. The number of aliphatic imine (C=N–C) groups is 1. The van der Waals surface area contributed by atoms with Gasteiger partial charge in [-0.1, -0.05) is 37.3 Å². The van der Waals surface area contributed by atoms with Crippen molar-refractivity contribution in [3.8, 4) is 0 Å². The minimum absolute atomic E-state index is 0.189. The number of furan rings is 1. The Hall–Kier alpha value is -3.10. The summed E-state index contributed by atoms with van der Waals surface area (Å²) in [6, 6.07) is 11.1. The number of benzene rings is 1. The van der Waals surface area contributed by atoms with Gasteiger partial charge in [0.15, 0.2) is 0 Å². The van der Waals surface area contributed by atoms with Gasteiger partial charge in [0.05, 0.1) is 12.8 Å². The monoisotopic (exact) mass is 379 g/mol. The predicted molar refractivity (Wildman–Crippen MR) is 89.5 cm³/mol. The summed E-state index contributed by atoms with van der Waals surface area (Å²) in [5.41, 5.74) is -3.05. The number of carbonyl (C=O) groups excluding carboxylic acids is 2. The van der Waals surface area contributed by atoms with Gasteiger partial charge in [-0.2, -0.15) is 13.2 Å². The van der Waals surface area contributed by atoms with Crippen LogP contribution in [0.15, 0.2) is 58.1 Å². The molecular weight excluding hydrogens is 363 g/mol. The highest BCUT2D eigenvalue weighted by atomic mass is 19.4. The highest BCUT2D eigenvalue weighted by Gasteiger charge is 2.67. The Kier molecular flexibility index (Phi) is 4.77. The van der Waals surface area contributed by atoms with E-state index in [0.717, 1.165) is 4.90 Å². The minimum atomic E-state index is -5.12. The lowest BCUT2D eigenvalue weighted by Crippen LogP contribution is -2.63. The molecule has 9 heteroatoms. The maximum atomic E-state index is 13.9. The van der Waals surface area contributed by atoms with Crippen LogP contribution in [0.3, 0.4) is 0 Å². The van der Waals surface area contributed by atoms with Crippen LogP contribution in [-0.4, -0.2) is 34.4 Å². The molecule has 27 heavy (non-hydrogen) atoms. The second kappa shape index (κ2) is 6.90. The molecule has 1 aliphatic heterocycles. The molecular formula is C18H16F3N3O3. The number of rotatable bonds is 5. The third-order valence-electron chi connectivity index (χ3n) is 4.06. The second-order valence-corrected chi connectivity index (χ2v) is 5.88. The Bertz CT molecular complexity index is 863. The summed E-state index contributed by atoms with van der Waals surface area (Å²) in [6.07, 6.45) is -3.99. The largest absolute Gasteiger partial charge is 0.467 e. The van der Waals surface area contributed by atoms with Crippen molar-refractivity contribution in [2.45, 2.75) is 31.7 Å². The number of halogens is 3. The fourth-order valence-corrected chi connectivity index (χ4v) is 2.70. The molecule has 0 saturated carbocycles. The summed E-state index contributed by atoms with van der Waals surface area (Å²) < 4.78 is 46.9. The van der Waals surface area contributed by atoms with Gasteiger partial charge in [-0.15, -0.1) is 0 Å². The number of alkyl halides is 3. The zero-order valence-electron chi connectivity index (χ0n) is 14.3. The Labute approximate surface area is 152 Å². The zero-order valence-corrected chi connectivity index (χ0v) is 14.3. The molecule has 0 bridgehead atoms. The van der Waals surface area contributed by atoms with Crippen molar-refractivity contribution >= 4 is 17.6 Å². The molecule has 1 aliphatic rings. The van der Waals surface area contributed by atoms with E-state index in [9.17, 15) is 22.8 Å². The number of carbonyl (C=O) groups is 2. The average molecular weight is 379 g/mol. The van der Waals surface area contributed by atoms with Gasteiger partial charge in [0.1, 0.15) is 11.6 Å². The fraction of sp³-hybridized carbons (Fsp3) is 0.278. The lowest BCUT2D eigenvalue weighted by Gasteiger charge is -2.28. The number of hydrogen-bond donors (Lipinski definition) is 1. The Morgan fingerprint density at radius 1 is 1.22 bits per heavy atom. The van der Waals surface area contributed by atoms with Gasteiger partial charge < -0.3 is 9.73 Å². The maximum absolute atomic E-state index is 13.9. The van der Waals surface area contributed by atoms with Crippen molar-refractivity contribution in [1.29, 1.82) is 0 Å². The minimum Gasteiger partial charge on any atom is -0.467 e. The van der Waals surface area contributed by atoms with E-state index in [4.69, 9.17) is 4.42 Å². The molecule has 0 fully saturated rings. The van der Waals surface area contributed by atoms with Crippen molar-refractivity contribution in [2.24, 2.45) is 4.99 Å². The number of hydrogen-bond acceptors (Lipinski definition) is 4. The molecule has 3 rings (SSSR count). The molecule has 0 radical (unpaired) electrons. The van der Waals surface area contributed by atoms with E-state index in [1.54, 1.807) is 29.6 Å². The molecule has 1 N–H and O–H groups in total. The van der Waals surface area contributed by atoms with Crippen LogP contribution in [0.1, 0.15) is 24.7 Å². The van der Waals surface area contributed by atoms with Crippen LogP contribution in [0, 0.1) is 0 Å². The van der Waals surface area contributed by atoms with Crippen molar-refractivity contribution in [1.82, 2.24) is 10.2 Å². The molecule has 2 aromatic rings. The summed E-state index contributed by atoms with van der Waals surface area (Å²) >= 11 is 0. The molecule has 6 nitrogen and oxygen atoms in total. The Balaban J connectivity index is 2.12. The Morgan fingerprint density at radius 2 is 1.93 bits per heavy atom. The number of nitrogens with zero attached hydrogens (tertiary/aromatic N) is 2. The van der Waals surface area contributed by atoms with Crippen LogP contribution in [0.5, 0.6) is 0 Å². The highest BCUT2D eigenvalue weighted by Crippen LogP contribution is 2.39. The van der Waals surface area contributed by atoms with E-state index in [2.05, 4.69) is 4.99 Å². The molecule has 1 aromatic heterocycles. The molecule has 0 saturated heterocycles. The van der Waals surface area contributed by atoms with E-state index in [1.807, 2.05) is 0 Å². The van der Waals surface area contributed by atoms with Crippen LogP contribution < -0.4 is 5.32 Å². The molecule has 0 unspecified atom stereocenters. The molecule has 1 atom stereocenters. The second-order valence-electron chi connectivity index (χ2n) is 5.88. The van der Waals surface area contributed by atoms with E-state index in [1.165, 1.54) is 31.4 Å². The average Bonchev–Trinajstić information content (AvgIpc) is 3.24. The third kappa shape index (κ3) is 3.32. The first-order valence-corrected chi connectivity index (χ1v) is 8.16. The zero-order chi connectivity index (χ0) is 19.7. The summed E-state index contributed by atoms with van der Waals surface area (Å²) in [5, 5.41) is 1.77. The van der Waals surface area contributed by atoms with Crippen molar-refractivity contribution in [3.05, 3.63) is 60.1 Å². The van der Waals surface area contributed by atoms with Crippen LogP contribution in [-0.2, 0) is 16.1 Å². The smallest absolute Gasteiger partial charge is 0.442 e. The Morgan fingerprint density at radius 3 is 2.48 bits per heavy atom. The summed E-state index contributed by atoms with van der Waals surface area (Å²) in [7, 11) is 0. The van der Waals surface area contributed by atoms with E-state index < -0.39 is 23.7 Å². The molecule has 2 heterocycles. The van der Waals surface area contributed by atoms with E-state index >= 15 is 0 Å². The molecule has 1 aromatic carbocycles. The van der Waals surface area contributed by atoms with Crippen LogP contribution >= 0.6 is 0 Å². The summed E-state index contributed by atoms with van der Waals surface area (Å²) in [6.45, 7) is 1.14. The fourth-order valence-electron chi connectivity index (χ4n) is 2.70. The first-order chi connectivity index (χ1) is 12.8. The van der Waals surface area contributed by atoms with Crippen molar-refractivity contribution < 1.29 is 27.2 Å². The van der Waals surface area contributed by atoms with E-state index in [-0.39, 0.29) is 24.6 Å². The van der Waals surface area contributed by atoms with E-state index in [0.29, 0.717) is 5.56 Å². The lowest BCUT2D eigenvalue weighted by atomic mass is 10.1. The normalized spacial score (nSPS) is 19.9. The van der Waals surface area contributed by atoms with Crippen molar-refractivity contribution in [2.75, 3.05) is 0 Å². The molecule has 0 aliphatic carbocycles. The quantitative estimate of drug-likeness (QED) is 0.868. The topological polar surface area (TPSA) is 74.9 Å². The first kappa shape index (κ1) is 18.7. The lowest BCUT2D eigenvalue weighted by molar-refractivity contribution is -0.200. The van der Waals surface area contributed by atoms with Crippen LogP contribution in [0.4, 0.5) is 13.2 Å². The van der Waals surface area contributed by atoms with Gasteiger partial charge in [-0.05, 0) is 12.1 Å². The SMILES string of the molecule is CCC(=O)N[C@@]1(C(F)(F)F)N=C(c2ccccc2)N(Cc2ccco2)C1=O. The molecule has 2 amide bonds. The number of amidine groups is 1. The van der Waals surface area contributed by atoms with Gasteiger partial charge in [0, 0.05) is 12.0 Å². The summed E-state index contributed by atoms with van der Waals surface area (Å²) in [5.74, 6) is -2.22. The maximum Gasteiger partial charge on any atom is 0.442 e. The summed E-state index contributed by atoms with van der Waals surface area (Å²) in [4.78, 5) is 29.2. The van der Waals surface area contributed by atoms with Gasteiger partial charge in [0.2, 0.25) is 5.91 Å². The van der Waals surface area contributed by atoms with Gasteiger partial charge in [0.25, 0.3) is 5.91 Å². The third-order valence-corrected chi connectivity index (χ3v) is 4.06. The van der Waals surface area contributed by atoms with Gasteiger partial charge >= 0.3 is 11.8 Å². The first-order valence-electron chi connectivity index (χ1n) is 8.16. The highest BCUT2D eigenvalue weighted by molar-refractivity contribution is 6.16.